The highest BCUT2D eigenvalue weighted by Gasteiger charge is 2.41. The fourth-order valence-corrected chi connectivity index (χ4v) is 1.04. The third-order valence-electron chi connectivity index (χ3n) is 1.69. The Hall–Kier alpha value is -1.01. The molecule has 0 heterocycles. The summed E-state index contributed by atoms with van der Waals surface area (Å²) in [7, 11) is 0. The van der Waals surface area contributed by atoms with Crippen molar-refractivity contribution in [3.63, 3.8) is 0 Å². The van der Waals surface area contributed by atoms with Crippen LogP contribution in [0.3, 0.4) is 0 Å². The van der Waals surface area contributed by atoms with Gasteiger partial charge in [-0.3, -0.25) is 0 Å². The summed E-state index contributed by atoms with van der Waals surface area (Å²) >= 11 is 0. The average molecular weight is 194 g/mol. The molecule has 0 amide bonds. The maximum Gasteiger partial charge on any atom is 0.416 e. The summed E-state index contributed by atoms with van der Waals surface area (Å²) in [5.41, 5.74) is 7.93. The maximum absolute atomic E-state index is 12.2. The van der Waals surface area contributed by atoms with E-state index in [1.807, 2.05) is 0 Å². The number of hydrogen-bond acceptors (Lipinski definition) is 3. The molecule has 3 nitrogen and oxygen atoms in total. The zero-order valence-electron chi connectivity index (χ0n) is 6.60. The lowest BCUT2D eigenvalue weighted by atomic mass is 9.94. The predicted octanol–water partition coefficient (Wildman–Crippen LogP) is 0.934. The van der Waals surface area contributed by atoms with Crippen molar-refractivity contribution in [2.45, 2.75) is 18.3 Å². The summed E-state index contributed by atoms with van der Waals surface area (Å²) in [6.45, 7) is 0. The lowest BCUT2D eigenvalue weighted by Crippen LogP contribution is -2.50. The van der Waals surface area contributed by atoms with E-state index in [1.54, 1.807) is 0 Å². The van der Waals surface area contributed by atoms with Gasteiger partial charge in [0.15, 0.2) is 0 Å². The van der Waals surface area contributed by atoms with E-state index in [9.17, 15) is 13.2 Å². The van der Waals surface area contributed by atoms with E-state index in [4.69, 9.17) is 16.6 Å². The van der Waals surface area contributed by atoms with Gasteiger partial charge in [0, 0.05) is 6.42 Å². The van der Waals surface area contributed by atoms with Gasteiger partial charge in [0.25, 0.3) is 0 Å². The van der Waals surface area contributed by atoms with Crippen LogP contribution in [-0.2, 0) is 0 Å². The molecule has 0 unspecified atom stereocenters. The van der Waals surface area contributed by atoms with Gasteiger partial charge in [-0.1, -0.05) is 0 Å². The number of aliphatic hydroxyl groups is 1. The van der Waals surface area contributed by atoms with Gasteiger partial charge in [-0.05, 0) is 12.2 Å². The number of alkyl halides is 3. The number of nitrogens with two attached hydrogens (primary N) is 2. The first kappa shape index (κ1) is 10.1. The molecule has 74 valence electrons. The normalized spacial score (nSPS) is 22.2. The highest BCUT2D eigenvalue weighted by Crippen LogP contribution is 2.34. The van der Waals surface area contributed by atoms with E-state index in [2.05, 4.69) is 0 Å². The van der Waals surface area contributed by atoms with E-state index < -0.39 is 29.6 Å². The summed E-state index contributed by atoms with van der Waals surface area (Å²) in [6, 6.07) is 0. The van der Waals surface area contributed by atoms with Gasteiger partial charge in [-0.2, -0.15) is 13.2 Å². The molecule has 5 N–H and O–H groups in total. The van der Waals surface area contributed by atoms with Crippen LogP contribution >= 0.6 is 0 Å². The van der Waals surface area contributed by atoms with E-state index >= 15 is 0 Å². The van der Waals surface area contributed by atoms with Crippen LogP contribution in [0.25, 0.3) is 0 Å². The van der Waals surface area contributed by atoms with Crippen molar-refractivity contribution >= 4 is 0 Å². The molecule has 0 radical (unpaired) electrons. The second kappa shape index (κ2) is 2.74. The van der Waals surface area contributed by atoms with Gasteiger partial charge in [0.2, 0.25) is 0 Å². The molecule has 0 saturated carbocycles. The standard InChI is InChI=1S/C7H9F3N2O/c8-7(9,10)4-3-6(11,12)2-1-5(4)13/h1-2,13H,3,11-12H2. The molecule has 13 heavy (non-hydrogen) atoms. The van der Waals surface area contributed by atoms with Gasteiger partial charge < -0.3 is 16.6 Å². The molecular weight excluding hydrogens is 185 g/mol. The van der Waals surface area contributed by atoms with Crippen LogP contribution in [0.15, 0.2) is 23.5 Å². The molecular formula is C7H9F3N2O. The van der Waals surface area contributed by atoms with Crippen LogP contribution in [0.5, 0.6) is 0 Å². The molecule has 1 aliphatic carbocycles. The first-order chi connectivity index (χ1) is 5.72. The first-order valence-electron chi connectivity index (χ1n) is 3.49. The zero-order valence-corrected chi connectivity index (χ0v) is 6.60. The fraction of sp³-hybridized carbons (Fsp3) is 0.429. The third-order valence-corrected chi connectivity index (χ3v) is 1.69. The predicted molar refractivity (Wildman–Crippen MR) is 40.6 cm³/mol. The maximum atomic E-state index is 12.2. The number of allylic oxidation sites excluding steroid dienone is 1. The highest BCUT2D eigenvalue weighted by atomic mass is 19.4. The molecule has 0 aromatic heterocycles. The Labute approximate surface area is 72.5 Å². The van der Waals surface area contributed by atoms with Crippen LogP contribution in [-0.4, -0.2) is 16.9 Å². The number of hydrogen-bond donors (Lipinski definition) is 3. The largest absolute Gasteiger partial charge is 0.508 e. The molecule has 6 heteroatoms. The molecule has 0 bridgehead atoms. The minimum absolute atomic E-state index is 0.612. The van der Waals surface area contributed by atoms with Crippen molar-refractivity contribution in [2.75, 3.05) is 0 Å². The van der Waals surface area contributed by atoms with Crippen LogP contribution in [0.4, 0.5) is 13.2 Å². The summed E-state index contributed by atoms with van der Waals surface area (Å²) in [4.78, 5) is 0. The van der Waals surface area contributed by atoms with E-state index in [1.165, 1.54) is 0 Å². The monoisotopic (exact) mass is 194 g/mol. The van der Waals surface area contributed by atoms with Crippen LogP contribution in [0.1, 0.15) is 6.42 Å². The number of aliphatic hydroxyl groups excluding tert-OH is 1. The topological polar surface area (TPSA) is 72.3 Å². The fourth-order valence-electron chi connectivity index (χ4n) is 1.04. The Morgan fingerprint density at radius 3 is 2.31 bits per heavy atom. The van der Waals surface area contributed by atoms with Crippen LogP contribution in [0.2, 0.25) is 0 Å². The molecule has 1 rings (SSSR count). The highest BCUT2D eigenvalue weighted by molar-refractivity contribution is 5.32. The molecule has 0 saturated heterocycles. The van der Waals surface area contributed by atoms with Crippen LogP contribution < -0.4 is 11.5 Å². The smallest absolute Gasteiger partial charge is 0.416 e. The summed E-state index contributed by atoms with van der Waals surface area (Å²) < 4.78 is 36.5. The molecule has 0 aromatic carbocycles. The lowest BCUT2D eigenvalue weighted by molar-refractivity contribution is -0.0981. The van der Waals surface area contributed by atoms with Crippen molar-refractivity contribution < 1.29 is 18.3 Å². The zero-order chi connectivity index (χ0) is 10.3. The second-order valence-corrected chi connectivity index (χ2v) is 2.98. The Kier molecular flexibility index (Phi) is 2.13. The molecule has 0 spiro atoms. The number of rotatable bonds is 0. The lowest BCUT2D eigenvalue weighted by Gasteiger charge is -2.26. The van der Waals surface area contributed by atoms with E-state index in [-0.39, 0.29) is 0 Å². The van der Waals surface area contributed by atoms with Crippen molar-refractivity contribution in [3.8, 4) is 0 Å². The Bertz CT molecular complexity index is 278. The molecule has 0 aromatic rings. The SMILES string of the molecule is NC1(N)C=CC(O)=C(C(F)(F)F)C1. The van der Waals surface area contributed by atoms with Gasteiger partial charge in [-0.15, -0.1) is 0 Å². The minimum Gasteiger partial charge on any atom is -0.508 e. The average Bonchev–Trinajstić information content (AvgIpc) is 1.92. The van der Waals surface area contributed by atoms with E-state index in [0.717, 1.165) is 12.2 Å². The summed E-state index contributed by atoms with van der Waals surface area (Å²) in [6.07, 6.45) is -3.19. The molecule has 0 aliphatic heterocycles. The molecule has 0 fully saturated rings. The van der Waals surface area contributed by atoms with Gasteiger partial charge >= 0.3 is 6.18 Å². The second-order valence-electron chi connectivity index (χ2n) is 2.98. The van der Waals surface area contributed by atoms with E-state index in [0.29, 0.717) is 0 Å². The Balaban J connectivity index is 3.03. The Morgan fingerprint density at radius 2 is 1.92 bits per heavy atom. The van der Waals surface area contributed by atoms with Crippen molar-refractivity contribution in [3.05, 3.63) is 23.5 Å². The first-order valence-corrected chi connectivity index (χ1v) is 3.49. The van der Waals surface area contributed by atoms with Gasteiger partial charge in [-0.25, -0.2) is 0 Å². The van der Waals surface area contributed by atoms with Gasteiger partial charge in [0.1, 0.15) is 5.76 Å². The van der Waals surface area contributed by atoms with Gasteiger partial charge in [0.05, 0.1) is 11.2 Å². The molecule has 0 atom stereocenters. The summed E-state index contributed by atoms with van der Waals surface area (Å²) in [5.74, 6) is -0.820. The number of halogens is 3. The third kappa shape index (κ3) is 2.22. The van der Waals surface area contributed by atoms with Crippen LogP contribution in [0, 0.1) is 0 Å². The minimum atomic E-state index is -4.58. The Morgan fingerprint density at radius 1 is 1.38 bits per heavy atom. The van der Waals surface area contributed by atoms with Crippen molar-refractivity contribution in [2.24, 2.45) is 11.5 Å². The quantitative estimate of drug-likeness (QED) is 0.502. The summed E-state index contributed by atoms with van der Waals surface area (Å²) in [5, 5.41) is 8.90. The van der Waals surface area contributed by atoms with Crippen molar-refractivity contribution in [1.82, 2.24) is 0 Å². The molecule has 1 aliphatic rings. The van der Waals surface area contributed by atoms with Crippen molar-refractivity contribution in [1.29, 1.82) is 0 Å².